The highest BCUT2D eigenvalue weighted by molar-refractivity contribution is 9.10. The van der Waals surface area contributed by atoms with Gasteiger partial charge < -0.3 is 24.3 Å². The average molecular weight is 423 g/mol. The predicted molar refractivity (Wildman–Crippen MR) is 109 cm³/mol. The van der Waals surface area contributed by atoms with Crippen molar-refractivity contribution < 1.29 is 9.47 Å². The summed E-state index contributed by atoms with van der Waals surface area (Å²) in [6.45, 7) is 3.40. The molecule has 0 amide bonds. The Morgan fingerprint density at radius 2 is 2.04 bits per heavy atom. The van der Waals surface area contributed by atoms with Crippen molar-refractivity contribution in [3.05, 3.63) is 46.7 Å². The molecule has 0 bridgehead atoms. The van der Waals surface area contributed by atoms with Crippen LogP contribution in [0.15, 0.2) is 46.0 Å². The van der Waals surface area contributed by atoms with Crippen molar-refractivity contribution in [1.29, 1.82) is 0 Å². The number of nitrogens with zero attached hydrogens (tertiary/aromatic N) is 3. The van der Waals surface area contributed by atoms with E-state index in [4.69, 9.17) is 9.47 Å². The lowest BCUT2D eigenvalue weighted by Gasteiger charge is -2.24. The van der Waals surface area contributed by atoms with Gasteiger partial charge in [0.25, 0.3) is 0 Å². The van der Waals surface area contributed by atoms with Gasteiger partial charge in [0.05, 0.1) is 20.2 Å². The summed E-state index contributed by atoms with van der Waals surface area (Å²) >= 11 is 3.51. The molecule has 0 saturated carbocycles. The van der Waals surface area contributed by atoms with Crippen LogP contribution in [0.1, 0.15) is 12.6 Å². The van der Waals surface area contributed by atoms with E-state index in [1.54, 1.807) is 14.2 Å². The molecule has 1 N–H and O–H groups in total. The van der Waals surface area contributed by atoms with E-state index < -0.39 is 0 Å². The normalized spacial score (nSPS) is 12.6. The summed E-state index contributed by atoms with van der Waals surface area (Å²) in [5.41, 5.74) is 1.20. The van der Waals surface area contributed by atoms with Gasteiger partial charge in [-0.25, -0.2) is 0 Å². The summed E-state index contributed by atoms with van der Waals surface area (Å²) in [5, 5.41) is 3.36. The molecule has 7 heteroatoms. The number of ether oxygens (including phenoxy) is 2. The third kappa shape index (κ3) is 5.42. The van der Waals surface area contributed by atoms with E-state index >= 15 is 0 Å². The van der Waals surface area contributed by atoms with Crippen LogP contribution in [0.2, 0.25) is 0 Å². The molecule has 1 aromatic carbocycles. The molecule has 6 nitrogen and oxygen atoms in total. The number of hydrogen-bond acceptors (Lipinski definition) is 3. The second kappa shape index (κ2) is 9.52. The zero-order valence-corrected chi connectivity index (χ0v) is 17.6. The Labute approximate surface area is 163 Å². The number of hydrogen-bond donors (Lipinski definition) is 1. The fourth-order valence-electron chi connectivity index (χ4n) is 2.64. The van der Waals surface area contributed by atoms with E-state index in [9.17, 15) is 0 Å². The summed E-state index contributed by atoms with van der Waals surface area (Å²) in [6.07, 6.45) is 2.00. The predicted octanol–water partition coefficient (Wildman–Crippen LogP) is 3.27. The van der Waals surface area contributed by atoms with Crippen molar-refractivity contribution in [2.75, 3.05) is 27.7 Å². The Hall–Kier alpha value is -2.15. The van der Waals surface area contributed by atoms with Crippen molar-refractivity contribution >= 4 is 21.9 Å². The molecule has 0 fully saturated rings. The van der Waals surface area contributed by atoms with Crippen molar-refractivity contribution in [3.8, 4) is 11.5 Å². The van der Waals surface area contributed by atoms with E-state index in [2.05, 4.69) is 41.8 Å². The number of rotatable bonds is 7. The van der Waals surface area contributed by atoms with Crippen LogP contribution in [-0.4, -0.2) is 49.3 Å². The molecule has 142 valence electrons. The molecular weight excluding hydrogens is 396 g/mol. The van der Waals surface area contributed by atoms with E-state index in [-0.39, 0.29) is 6.10 Å². The molecule has 0 aliphatic carbocycles. The molecule has 1 heterocycles. The van der Waals surface area contributed by atoms with Crippen LogP contribution in [0, 0.1) is 0 Å². The lowest BCUT2D eigenvalue weighted by atomic mass is 10.3. The molecule has 26 heavy (non-hydrogen) atoms. The Morgan fingerprint density at radius 1 is 1.35 bits per heavy atom. The number of para-hydroxylation sites is 2. The van der Waals surface area contributed by atoms with Gasteiger partial charge in [-0.1, -0.05) is 12.1 Å². The summed E-state index contributed by atoms with van der Waals surface area (Å²) in [4.78, 5) is 6.44. The van der Waals surface area contributed by atoms with Crippen LogP contribution >= 0.6 is 15.9 Å². The number of methoxy groups -OCH3 is 1. The average Bonchev–Trinajstić information content (AvgIpc) is 2.93. The Bertz CT molecular complexity index is 745. The molecule has 2 rings (SSSR count). The van der Waals surface area contributed by atoms with E-state index in [1.807, 2.05) is 51.5 Å². The molecule has 1 atom stereocenters. The lowest BCUT2D eigenvalue weighted by molar-refractivity contribution is 0.212. The van der Waals surface area contributed by atoms with Crippen LogP contribution in [0.25, 0.3) is 0 Å². The Kier molecular flexibility index (Phi) is 7.38. The zero-order valence-electron chi connectivity index (χ0n) is 16.0. The maximum absolute atomic E-state index is 5.98. The molecule has 0 saturated heterocycles. The largest absolute Gasteiger partial charge is 0.493 e. The molecule has 1 aromatic heterocycles. The summed E-state index contributed by atoms with van der Waals surface area (Å²) in [6, 6.07) is 9.76. The molecule has 1 unspecified atom stereocenters. The molecule has 0 spiro atoms. The molecule has 0 radical (unpaired) electrons. The fourth-order valence-corrected chi connectivity index (χ4v) is 3.21. The number of benzene rings is 1. The third-order valence-electron chi connectivity index (χ3n) is 3.99. The van der Waals surface area contributed by atoms with Crippen LogP contribution in [0.3, 0.4) is 0 Å². The Balaban J connectivity index is 1.90. The van der Waals surface area contributed by atoms with Crippen molar-refractivity contribution in [2.45, 2.75) is 19.6 Å². The number of guanidine groups is 1. The maximum Gasteiger partial charge on any atom is 0.193 e. The first-order valence-electron chi connectivity index (χ1n) is 8.46. The first-order valence-corrected chi connectivity index (χ1v) is 9.26. The second-order valence-electron chi connectivity index (χ2n) is 6.12. The number of aliphatic imine (C=N–C) groups is 1. The third-order valence-corrected chi connectivity index (χ3v) is 4.43. The van der Waals surface area contributed by atoms with Gasteiger partial charge in [0, 0.05) is 37.5 Å². The number of aromatic nitrogens is 1. The smallest absolute Gasteiger partial charge is 0.193 e. The van der Waals surface area contributed by atoms with Gasteiger partial charge in [-0.05, 0) is 41.1 Å². The highest BCUT2D eigenvalue weighted by atomic mass is 79.9. The summed E-state index contributed by atoms with van der Waals surface area (Å²) in [7, 11) is 7.48. The van der Waals surface area contributed by atoms with Crippen molar-refractivity contribution in [2.24, 2.45) is 12.0 Å². The lowest BCUT2D eigenvalue weighted by Crippen LogP contribution is -2.42. The van der Waals surface area contributed by atoms with E-state index in [0.29, 0.717) is 6.54 Å². The first kappa shape index (κ1) is 20.2. The van der Waals surface area contributed by atoms with E-state index in [0.717, 1.165) is 28.5 Å². The molecule has 0 aliphatic heterocycles. The highest BCUT2D eigenvalue weighted by Crippen LogP contribution is 2.26. The number of aryl methyl sites for hydroxylation is 1. The van der Waals surface area contributed by atoms with Gasteiger partial charge in [-0.3, -0.25) is 4.99 Å². The van der Waals surface area contributed by atoms with Crippen LogP contribution in [0.5, 0.6) is 11.5 Å². The highest BCUT2D eigenvalue weighted by Gasteiger charge is 2.13. The van der Waals surface area contributed by atoms with Crippen molar-refractivity contribution in [1.82, 2.24) is 14.8 Å². The van der Waals surface area contributed by atoms with Gasteiger partial charge in [0.1, 0.15) is 6.10 Å². The van der Waals surface area contributed by atoms with Crippen molar-refractivity contribution in [3.63, 3.8) is 0 Å². The van der Waals surface area contributed by atoms with Gasteiger partial charge in [-0.2, -0.15) is 0 Å². The van der Waals surface area contributed by atoms with Crippen LogP contribution in [-0.2, 0) is 13.6 Å². The standard InChI is InChI=1S/C19H27BrN4O2/c1-14(26-18-9-7-6-8-17(18)25-5)11-22-19(21-2)24(4)13-16-10-15(20)12-23(16)3/h6-10,12,14H,11,13H2,1-5H3,(H,21,22). The van der Waals surface area contributed by atoms with Crippen LogP contribution in [0.4, 0.5) is 0 Å². The van der Waals surface area contributed by atoms with Gasteiger partial charge in [0.2, 0.25) is 0 Å². The van der Waals surface area contributed by atoms with Gasteiger partial charge in [0.15, 0.2) is 17.5 Å². The summed E-state index contributed by atoms with van der Waals surface area (Å²) < 4.78 is 14.5. The minimum absolute atomic E-state index is 0.0411. The minimum atomic E-state index is -0.0411. The number of nitrogens with one attached hydrogen (secondary N) is 1. The van der Waals surface area contributed by atoms with Gasteiger partial charge in [-0.15, -0.1) is 0 Å². The molecule has 0 aliphatic rings. The SMILES string of the molecule is CN=C(NCC(C)Oc1ccccc1OC)N(C)Cc1cc(Br)cn1C. The second-order valence-corrected chi connectivity index (χ2v) is 7.04. The summed E-state index contributed by atoms with van der Waals surface area (Å²) in [5.74, 6) is 2.29. The monoisotopic (exact) mass is 422 g/mol. The number of halogens is 1. The molecular formula is C19H27BrN4O2. The minimum Gasteiger partial charge on any atom is -0.493 e. The van der Waals surface area contributed by atoms with E-state index in [1.165, 1.54) is 5.69 Å². The Morgan fingerprint density at radius 3 is 2.62 bits per heavy atom. The first-order chi connectivity index (χ1) is 12.4. The van der Waals surface area contributed by atoms with Gasteiger partial charge >= 0.3 is 0 Å². The van der Waals surface area contributed by atoms with Crippen LogP contribution < -0.4 is 14.8 Å². The molecule has 2 aromatic rings. The quantitative estimate of drug-likeness (QED) is 0.549. The maximum atomic E-state index is 5.98. The topological polar surface area (TPSA) is 51.0 Å². The zero-order chi connectivity index (χ0) is 19.1. The fraction of sp³-hybridized carbons (Fsp3) is 0.421.